The Balaban J connectivity index is 1.43. The van der Waals surface area contributed by atoms with E-state index in [2.05, 4.69) is 26.3 Å². The molecule has 0 atom stereocenters. The molecule has 5 aromatic rings. The third-order valence-electron chi connectivity index (χ3n) is 3.83. The van der Waals surface area contributed by atoms with E-state index in [1.54, 1.807) is 41.1 Å². The number of hydrogen-bond donors (Lipinski definition) is 1. The summed E-state index contributed by atoms with van der Waals surface area (Å²) in [5.41, 5.74) is 2.82. The fourth-order valence-electron chi connectivity index (χ4n) is 2.59. The Morgan fingerprint density at radius 2 is 1.77 bits per heavy atom. The van der Waals surface area contributed by atoms with Crippen molar-refractivity contribution in [1.82, 2.24) is 15.0 Å². The minimum absolute atomic E-state index is 0.807. The van der Waals surface area contributed by atoms with Crippen LogP contribution in [-0.4, -0.2) is 22.1 Å². The van der Waals surface area contributed by atoms with Gasteiger partial charge in [-0.05, 0) is 24.3 Å². The monoisotopic (exact) mass is 396 g/mol. The molecule has 3 aromatic heterocycles. The molecular weight excluding hydrogens is 384 g/mol. The topological polar surface area (TPSA) is 59.9 Å². The van der Waals surface area contributed by atoms with E-state index in [0.29, 0.717) is 0 Å². The van der Waals surface area contributed by atoms with Crippen LogP contribution < -0.4 is 10.1 Å². The normalized spacial score (nSPS) is 11.3. The molecule has 128 valence electrons. The molecule has 2 aromatic carbocycles. The van der Waals surface area contributed by atoms with E-state index in [4.69, 9.17) is 4.74 Å². The summed E-state index contributed by atoms with van der Waals surface area (Å²) in [5.74, 6) is 0.807. The maximum Gasteiger partial charge on any atom is 0.190 e. The van der Waals surface area contributed by atoms with Gasteiger partial charge in [0.25, 0.3) is 0 Å². The molecule has 5 rings (SSSR count). The Kier molecular flexibility index (Phi) is 3.81. The van der Waals surface area contributed by atoms with Gasteiger partial charge in [-0.3, -0.25) is 0 Å². The predicted octanol–water partition coefficient (Wildman–Crippen LogP) is 5.78. The van der Waals surface area contributed by atoms with Crippen LogP contribution in [0.5, 0.6) is 5.75 Å². The van der Waals surface area contributed by atoms with E-state index < -0.39 is 0 Å². The summed E-state index contributed by atoms with van der Waals surface area (Å²) >= 11 is 4.81. The summed E-state index contributed by atoms with van der Waals surface area (Å²) in [5, 5.41) is 7.89. The van der Waals surface area contributed by atoms with Gasteiger partial charge in [0, 0.05) is 11.4 Å². The van der Waals surface area contributed by atoms with E-state index in [1.807, 2.05) is 41.8 Å². The first-order valence-corrected chi connectivity index (χ1v) is 10.3. The van der Waals surface area contributed by atoms with E-state index in [-0.39, 0.29) is 0 Å². The number of hydrogen-bond acceptors (Lipinski definition) is 8. The van der Waals surface area contributed by atoms with Crippen LogP contribution in [0, 0.1) is 0 Å². The molecule has 8 heteroatoms. The Labute approximate surface area is 161 Å². The maximum atomic E-state index is 5.26. The second kappa shape index (κ2) is 6.31. The van der Waals surface area contributed by atoms with Crippen LogP contribution in [0.1, 0.15) is 0 Å². The number of rotatable bonds is 4. The van der Waals surface area contributed by atoms with Crippen molar-refractivity contribution in [2.45, 2.75) is 0 Å². The average Bonchev–Trinajstić information content (AvgIpc) is 3.38. The van der Waals surface area contributed by atoms with E-state index in [1.165, 1.54) is 4.70 Å². The SMILES string of the molecule is COc1ccc2sc(Nc3nc(-c4nc5ccccc5s4)cs3)nc2c1. The van der Waals surface area contributed by atoms with Gasteiger partial charge in [-0.1, -0.05) is 23.5 Å². The van der Waals surface area contributed by atoms with Crippen LogP contribution in [0.15, 0.2) is 47.8 Å². The number of nitrogens with zero attached hydrogens (tertiary/aromatic N) is 3. The standard InChI is InChI=1S/C18H12N4OS3/c1-23-10-6-7-15-12(8-10)20-18(26-15)22-17-21-13(9-24-17)16-19-11-4-2-3-5-14(11)25-16/h2-9H,1H3,(H,20,21,22). The highest BCUT2D eigenvalue weighted by Crippen LogP contribution is 2.35. The van der Waals surface area contributed by atoms with Crippen molar-refractivity contribution in [1.29, 1.82) is 0 Å². The molecule has 5 nitrogen and oxygen atoms in total. The number of thiazole rings is 3. The molecule has 0 bridgehead atoms. The van der Waals surface area contributed by atoms with Crippen molar-refractivity contribution in [3.63, 3.8) is 0 Å². The third-order valence-corrected chi connectivity index (χ3v) is 6.59. The van der Waals surface area contributed by atoms with Crippen molar-refractivity contribution in [2.24, 2.45) is 0 Å². The number of fused-ring (bicyclic) bond motifs is 2. The number of nitrogens with one attached hydrogen (secondary N) is 1. The van der Waals surface area contributed by atoms with Crippen LogP contribution in [0.3, 0.4) is 0 Å². The van der Waals surface area contributed by atoms with Gasteiger partial charge in [0.15, 0.2) is 10.3 Å². The Hall–Kier alpha value is -2.55. The summed E-state index contributed by atoms with van der Waals surface area (Å²) in [6.45, 7) is 0. The molecule has 0 radical (unpaired) electrons. The first kappa shape index (κ1) is 15.7. The number of anilines is 2. The fraction of sp³-hybridized carbons (Fsp3) is 0.0556. The second-order valence-electron chi connectivity index (χ2n) is 5.50. The highest BCUT2D eigenvalue weighted by Gasteiger charge is 2.12. The molecule has 0 spiro atoms. The van der Waals surface area contributed by atoms with Gasteiger partial charge in [0.1, 0.15) is 16.5 Å². The molecule has 26 heavy (non-hydrogen) atoms. The van der Waals surface area contributed by atoms with Crippen molar-refractivity contribution in [3.8, 4) is 16.5 Å². The Morgan fingerprint density at radius 3 is 2.65 bits per heavy atom. The van der Waals surface area contributed by atoms with E-state index >= 15 is 0 Å². The number of ether oxygens (including phenoxy) is 1. The number of para-hydroxylation sites is 1. The molecule has 3 heterocycles. The van der Waals surface area contributed by atoms with Gasteiger partial charge in [-0.2, -0.15) is 0 Å². The zero-order valence-electron chi connectivity index (χ0n) is 13.6. The average molecular weight is 397 g/mol. The Bertz CT molecular complexity index is 1190. The lowest BCUT2D eigenvalue weighted by Crippen LogP contribution is -1.88. The minimum Gasteiger partial charge on any atom is -0.497 e. The van der Waals surface area contributed by atoms with Crippen LogP contribution in [0.2, 0.25) is 0 Å². The molecule has 0 fully saturated rings. The molecule has 0 aliphatic carbocycles. The van der Waals surface area contributed by atoms with Crippen molar-refractivity contribution >= 4 is 64.7 Å². The quantitative estimate of drug-likeness (QED) is 0.417. The summed E-state index contributed by atoms with van der Waals surface area (Å²) in [4.78, 5) is 14.0. The zero-order valence-corrected chi connectivity index (χ0v) is 16.0. The van der Waals surface area contributed by atoms with E-state index in [9.17, 15) is 0 Å². The van der Waals surface area contributed by atoms with Crippen LogP contribution >= 0.6 is 34.0 Å². The largest absolute Gasteiger partial charge is 0.497 e. The summed E-state index contributed by atoms with van der Waals surface area (Å²) in [6.07, 6.45) is 0. The highest BCUT2D eigenvalue weighted by atomic mass is 32.1. The zero-order chi connectivity index (χ0) is 17.5. The number of methoxy groups -OCH3 is 1. The first-order valence-electron chi connectivity index (χ1n) is 7.81. The lowest BCUT2D eigenvalue weighted by molar-refractivity contribution is 0.415. The minimum atomic E-state index is 0.807. The van der Waals surface area contributed by atoms with Crippen LogP contribution in [0.25, 0.3) is 31.1 Å². The lowest BCUT2D eigenvalue weighted by Gasteiger charge is -1.96. The van der Waals surface area contributed by atoms with Crippen molar-refractivity contribution in [2.75, 3.05) is 12.4 Å². The molecule has 0 saturated carbocycles. The number of benzene rings is 2. The highest BCUT2D eigenvalue weighted by molar-refractivity contribution is 7.23. The van der Waals surface area contributed by atoms with Gasteiger partial charge < -0.3 is 10.1 Å². The smallest absolute Gasteiger partial charge is 0.190 e. The molecule has 0 saturated heterocycles. The van der Waals surface area contributed by atoms with Gasteiger partial charge in [0.2, 0.25) is 0 Å². The summed E-state index contributed by atoms with van der Waals surface area (Å²) in [7, 11) is 1.66. The van der Waals surface area contributed by atoms with Gasteiger partial charge in [0.05, 0.1) is 27.5 Å². The fourth-order valence-corrected chi connectivity index (χ4v) is 5.20. The van der Waals surface area contributed by atoms with Crippen LogP contribution in [0.4, 0.5) is 10.3 Å². The first-order chi connectivity index (χ1) is 12.8. The maximum absolute atomic E-state index is 5.26. The Morgan fingerprint density at radius 1 is 0.885 bits per heavy atom. The summed E-state index contributed by atoms with van der Waals surface area (Å²) < 4.78 is 7.53. The molecule has 0 aliphatic heterocycles. The number of aromatic nitrogens is 3. The van der Waals surface area contributed by atoms with Crippen molar-refractivity contribution in [3.05, 3.63) is 47.8 Å². The van der Waals surface area contributed by atoms with E-state index in [0.717, 1.165) is 42.4 Å². The van der Waals surface area contributed by atoms with Gasteiger partial charge >= 0.3 is 0 Å². The van der Waals surface area contributed by atoms with Gasteiger partial charge in [-0.15, -0.1) is 22.7 Å². The molecule has 0 aliphatic rings. The molecule has 0 amide bonds. The second-order valence-corrected chi connectivity index (χ2v) is 8.42. The summed E-state index contributed by atoms with van der Waals surface area (Å²) in [6, 6.07) is 14.0. The molecular formula is C18H12N4OS3. The van der Waals surface area contributed by atoms with Crippen molar-refractivity contribution < 1.29 is 4.74 Å². The molecule has 1 N–H and O–H groups in total. The predicted molar refractivity (Wildman–Crippen MR) is 110 cm³/mol. The third kappa shape index (κ3) is 2.82. The van der Waals surface area contributed by atoms with Crippen LogP contribution in [-0.2, 0) is 0 Å². The molecule has 0 unspecified atom stereocenters. The van der Waals surface area contributed by atoms with Gasteiger partial charge in [-0.25, -0.2) is 15.0 Å². The lowest BCUT2D eigenvalue weighted by atomic mass is 10.3.